The van der Waals surface area contributed by atoms with Crippen LogP contribution in [0.2, 0.25) is 0 Å². The molecule has 1 aliphatic rings. The van der Waals surface area contributed by atoms with Gasteiger partial charge in [0.25, 0.3) is 0 Å². The minimum atomic E-state index is 0.980. The molecule has 0 atom stereocenters. The quantitative estimate of drug-likeness (QED) is 0.639. The molecule has 0 radical (unpaired) electrons. The molecular formula is C17H14N2. The SMILES string of the molecule is c1ccc(-c2cccc3c2-c2ccnn2CC3)cc1. The van der Waals surface area contributed by atoms with Crippen molar-refractivity contribution in [3.8, 4) is 22.4 Å². The molecule has 0 unspecified atom stereocenters. The summed E-state index contributed by atoms with van der Waals surface area (Å²) in [4.78, 5) is 0. The number of hydrogen-bond donors (Lipinski definition) is 0. The fourth-order valence-electron chi connectivity index (χ4n) is 2.92. The predicted molar refractivity (Wildman–Crippen MR) is 76.8 cm³/mol. The summed E-state index contributed by atoms with van der Waals surface area (Å²) in [6.45, 7) is 0.980. The summed E-state index contributed by atoms with van der Waals surface area (Å²) in [5.74, 6) is 0. The van der Waals surface area contributed by atoms with Gasteiger partial charge in [-0.2, -0.15) is 5.10 Å². The second-order valence-corrected chi connectivity index (χ2v) is 4.90. The van der Waals surface area contributed by atoms with Gasteiger partial charge in [0.05, 0.1) is 5.69 Å². The number of rotatable bonds is 1. The number of aryl methyl sites for hydroxylation is 2. The fraction of sp³-hybridized carbons (Fsp3) is 0.118. The van der Waals surface area contributed by atoms with Crippen LogP contribution < -0.4 is 0 Å². The molecule has 0 saturated heterocycles. The van der Waals surface area contributed by atoms with E-state index < -0.39 is 0 Å². The van der Waals surface area contributed by atoms with E-state index in [4.69, 9.17) is 0 Å². The van der Waals surface area contributed by atoms with Gasteiger partial charge in [-0.25, -0.2) is 0 Å². The Hall–Kier alpha value is -2.35. The average molecular weight is 246 g/mol. The second-order valence-electron chi connectivity index (χ2n) is 4.90. The Morgan fingerprint density at radius 3 is 2.68 bits per heavy atom. The third kappa shape index (κ3) is 1.60. The van der Waals surface area contributed by atoms with Gasteiger partial charge in [0, 0.05) is 18.3 Å². The minimum absolute atomic E-state index is 0.980. The largest absolute Gasteiger partial charge is 0.265 e. The summed E-state index contributed by atoms with van der Waals surface area (Å²) in [7, 11) is 0. The Morgan fingerprint density at radius 1 is 0.895 bits per heavy atom. The third-order valence-electron chi connectivity index (χ3n) is 3.80. The van der Waals surface area contributed by atoms with E-state index in [1.807, 2.05) is 6.20 Å². The number of nitrogens with zero attached hydrogens (tertiary/aromatic N) is 2. The highest BCUT2D eigenvalue weighted by molar-refractivity contribution is 5.84. The molecule has 0 fully saturated rings. The van der Waals surface area contributed by atoms with Gasteiger partial charge >= 0.3 is 0 Å². The Labute approximate surface area is 112 Å². The summed E-state index contributed by atoms with van der Waals surface area (Å²) < 4.78 is 2.11. The number of hydrogen-bond acceptors (Lipinski definition) is 1. The third-order valence-corrected chi connectivity index (χ3v) is 3.80. The van der Waals surface area contributed by atoms with Gasteiger partial charge < -0.3 is 0 Å². The Kier molecular flexibility index (Phi) is 2.27. The zero-order valence-corrected chi connectivity index (χ0v) is 10.6. The number of fused-ring (bicyclic) bond motifs is 3. The van der Waals surface area contributed by atoms with Crippen molar-refractivity contribution in [2.45, 2.75) is 13.0 Å². The zero-order chi connectivity index (χ0) is 12.7. The van der Waals surface area contributed by atoms with Gasteiger partial charge in [-0.1, -0.05) is 48.5 Å². The first-order valence-corrected chi connectivity index (χ1v) is 6.63. The molecule has 2 aromatic carbocycles. The van der Waals surface area contributed by atoms with E-state index >= 15 is 0 Å². The number of benzene rings is 2. The van der Waals surface area contributed by atoms with Crippen molar-refractivity contribution in [2.75, 3.05) is 0 Å². The molecule has 0 N–H and O–H groups in total. The van der Waals surface area contributed by atoms with E-state index in [1.165, 1.54) is 27.9 Å². The zero-order valence-electron chi connectivity index (χ0n) is 10.6. The maximum absolute atomic E-state index is 4.41. The van der Waals surface area contributed by atoms with E-state index in [1.54, 1.807) is 0 Å². The summed E-state index contributed by atoms with van der Waals surface area (Å²) in [5.41, 5.74) is 6.58. The summed E-state index contributed by atoms with van der Waals surface area (Å²) in [5, 5.41) is 4.41. The molecule has 0 spiro atoms. The highest BCUT2D eigenvalue weighted by Gasteiger charge is 2.19. The number of aromatic nitrogens is 2. The molecule has 3 aromatic rings. The standard InChI is InChI=1S/C17H14N2/c1-2-5-13(6-3-1)15-8-4-7-14-10-12-19-16(17(14)15)9-11-18-19/h1-9,11H,10,12H2. The van der Waals surface area contributed by atoms with Gasteiger partial charge in [0.2, 0.25) is 0 Å². The average Bonchev–Trinajstić information content (AvgIpc) is 2.96. The molecular weight excluding hydrogens is 232 g/mol. The van der Waals surface area contributed by atoms with Gasteiger partial charge in [-0.15, -0.1) is 0 Å². The molecule has 0 amide bonds. The van der Waals surface area contributed by atoms with Crippen LogP contribution in [-0.4, -0.2) is 9.78 Å². The highest BCUT2D eigenvalue weighted by atomic mass is 15.3. The predicted octanol–water partition coefficient (Wildman–Crippen LogP) is 3.77. The van der Waals surface area contributed by atoms with Crippen molar-refractivity contribution in [3.05, 3.63) is 66.4 Å². The topological polar surface area (TPSA) is 17.8 Å². The lowest BCUT2D eigenvalue weighted by Gasteiger charge is -2.21. The molecule has 0 bridgehead atoms. The molecule has 92 valence electrons. The first-order chi connectivity index (χ1) is 9.43. The molecule has 0 aliphatic carbocycles. The monoisotopic (exact) mass is 246 g/mol. The normalized spacial score (nSPS) is 12.8. The summed E-state index contributed by atoms with van der Waals surface area (Å²) >= 11 is 0. The van der Waals surface area contributed by atoms with Crippen molar-refractivity contribution < 1.29 is 0 Å². The Balaban J connectivity index is 2.01. The first-order valence-electron chi connectivity index (χ1n) is 6.63. The van der Waals surface area contributed by atoms with E-state index in [-0.39, 0.29) is 0 Å². The Morgan fingerprint density at radius 2 is 1.79 bits per heavy atom. The van der Waals surface area contributed by atoms with Crippen LogP contribution in [0.1, 0.15) is 5.56 Å². The van der Waals surface area contributed by atoms with Crippen LogP contribution in [0.15, 0.2) is 60.8 Å². The van der Waals surface area contributed by atoms with E-state index in [0.717, 1.165) is 13.0 Å². The highest BCUT2D eigenvalue weighted by Crippen LogP contribution is 2.37. The second kappa shape index (κ2) is 4.09. The van der Waals surface area contributed by atoms with E-state index in [2.05, 4.69) is 64.4 Å². The minimum Gasteiger partial charge on any atom is -0.265 e. The lowest BCUT2D eigenvalue weighted by atomic mass is 9.90. The summed E-state index contributed by atoms with van der Waals surface area (Å²) in [6, 6.07) is 19.3. The lowest BCUT2D eigenvalue weighted by Crippen LogP contribution is -2.12. The maximum atomic E-state index is 4.41. The van der Waals surface area contributed by atoms with Crippen molar-refractivity contribution in [1.82, 2.24) is 9.78 Å². The van der Waals surface area contributed by atoms with Crippen LogP contribution in [0.4, 0.5) is 0 Å². The maximum Gasteiger partial charge on any atom is 0.0691 e. The van der Waals surface area contributed by atoms with Crippen molar-refractivity contribution in [2.24, 2.45) is 0 Å². The van der Waals surface area contributed by atoms with Crippen molar-refractivity contribution >= 4 is 0 Å². The molecule has 4 rings (SSSR count). The van der Waals surface area contributed by atoms with Crippen LogP contribution in [0, 0.1) is 0 Å². The van der Waals surface area contributed by atoms with Gasteiger partial charge in [0.1, 0.15) is 0 Å². The lowest BCUT2D eigenvalue weighted by molar-refractivity contribution is 0.607. The van der Waals surface area contributed by atoms with E-state index in [0.29, 0.717) is 0 Å². The van der Waals surface area contributed by atoms with Crippen molar-refractivity contribution in [1.29, 1.82) is 0 Å². The van der Waals surface area contributed by atoms with Crippen LogP contribution in [0.3, 0.4) is 0 Å². The van der Waals surface area contributed by atoms with Gasteiger partial charge in [-0.3, -0.25) is 4.68 Å². The molecule has 2 heteroatoms. The van der Waals surface area contributed by atoms with Crippen LogP contribution >= 0.6 is 0 Å². The van der Waals surface area contributed by atoms with Crippen LogP contribution in [0.5, 0.6) is 0 Å². The van der Waals surface area contributed by atoms with Gasteiger partial charge in [-0.05, 0) is 29.2 Å². The fourth-order valence-corrected chi connectivity index (χ4v) is 2.92. The molecule has 0 saturated carbocycles. The van der Waals surface area contributed by atoms with Crippen LogP contribution in [0.25, 0.3) is 22.4 Å². The van der Waals surface area contributed by atoms with E-state index in [9.17, 15) is 0 Å². The molecule has 2 nitrogen and oxygen atoms in total. The van der Waals surface area contributed by atoms with Crippen molar-refractivity contribution in [3.63, 3.8) is 0 Å². The first kappa shape index (κ1) is 10.6. The van der Waals surface area contributed by atoms with Gasteiger partial charge in [0.15, 0.2) is 0 Å². The van der Waals surface area contributed by atoms with Crippen LogP contribution in [-0.2, 0) is 13.0 Å². The molecule has 1 aliphatic heterocycles. The summed E-state index contributed by atoms with van der Waals surface area (Å²) in [6.07, 6.45) is 2.96. The molecule has 2 heterocycles. The smallest absolute Gasteiger partial charge is 0.0691 e. The molecule has 1 aromatic heterocycles. The molecule has 19 heavy (non-hydrogen) atoms. The Bertz CT molecular complexity index is 726.